The summed E-state index contributed by atoms with van der Waals surface area (Å²) < 4.78 is 0. The number of nitrogens with zero attached hydrogens (tertiary/aromatic N) is 2. The lowest BCUT2D eigenvalue weighted by Gasteiger charge is -2.14. The summed E-state index contributed by atoms with van der Waals surface area (Å²) in [5.41, 5.74) is 2.50. The molecule has 0 bridgehead atoms. The molecule has 2 aromatic rings. The first-order valence-electron chi connectivity index (χ1n) is 7.96. The zero-order valence-electron chi connectivity index (χ0n) is 14.4. The van der Waals surface area contributed by atoms with Crippen LogP contribution in [-0.4, -0.2) is 21.6 Å². The van der Waals surface area contributed by atoms with E-state index in [1.54, 1.807) is 6.92 Å². The van der Waals surface area contributed by atoms with Gasteiger partial charge in [-0.2, -0.15) is 10.2 Å². The van der Waals surface area contributed by atoms with Gasteiger partial charge in [0.25, 0.3) is 0 Å². The fourth-order valence-corrected chi connectivity index (χ4v) is 3.18. The van der Waals surface area contributed by atoms with Crippen molar-refractivity contribution in [2.45, 2.75) is 38.3 Å². The smallest absolute Gasteiger partial charge is 0.346 e. The Labute approximate surface area is 150 Å². The lowest BCUT2D eigenvalue weighted by molar-refractivity contribution is -0.119. The van der Waals surface area contributed by atoms with Crippen LogP contribution in [0.2, 0.25) is 0 Å². The van der Waals surface area contributed by atoms with E-state index in [-0.39, 0.29) is 22.7 Å². The number of benzene rings is 1. The summed E-state index contributed by atoms with van der Waals surface area (Å²) in [6.07, 6.45) is 0.974. The highest BCUT2D eigenvalue weighted by Gasteiger charge is 2.14. The van der Waals surface area contributed by atoms with E-state index in [4.69, 9.17) is 5.26 Å². The van der Waals surface area contributed by atoms with Crippen molar-refractivity contribution in [2.75, 3.05) is 5.75 Å². The molecule has 0 unspecified atom stereocenters. The molecule has 130 valence electrons. The maximum atomic E-state index is 12.2. The normalized spacial score (nSPS) is 11.6. The first kappa shape index (κ1) is 18.7. The molecule has 0 aliphatic heterocycles. The number of hydrogen-bond acceptors (Lipinski definition) is 5. The highest BCUT2D eigenvalue weighted by Crippen LogP contribution is 2.20. The zero-order valence-corrected chi connectivity index (χ0v) is 15.2. The van der Waals surface area contributed by atoms with Crippen molar-refractivity contribution in [3.8, 4) is 6.07 Å². The molecule has 1 aromatic heterocycles. The molecule has 0 fully saturated rings. The van der Waals surface area contributed by atoms with Crippen LogP contribution >= 0.6 is 11.8 Å². The van der Waals surface area contributed by atoms with Gasteiger partial charge in [-0.3, -0.25) is 4.79 Å². The van der Waals surface area contributed by atoms with E-state index in [0.29, 0.717) is 11.3 Å². The SMILES string of the molecule is CCc1ccc([C@H](C)NC(=O)CSc2nc(=O)[nH]c(C)c2C#N)cc1. The van der Waals surface area contributed by atoms with Crippen LogP contribution in [0, 0.1) is 18.3 Å². The molecule has 6 nitrogen and oxygen atoms in total. The molecule has 0 radical (unpaired) electrons. The van der Waals surface area contributed by atoms with Gasteiger partial charge in [0.1, 0.15) is 16.7 Å². The standard InChI is InChI=1S/C18H20N4O2S/c1-4-13-5-7-14(8-6-13)11(2)20-16(23)10-25-17-15(9-19)12(3)21-18(24)22-17/h5-8,11H,4,10H2,1-3H3,(H,20,23)(H,21,22,24)/t11-/m0/s1. The number of nitrogens with one attached hydrogen (secondary N) is 2. The van der Waals surface area contributed by atoms with Crippen LogP contribution < -0.4 is 11.0 Å². The number of aromatic amines is 1. The average molecular weight is 356 g/mol. The van der Waals surface area contributed by atoms with E-state index < -0.39 is 5.69 Å². The zero-order chi connectivity index (χ0) is 18.4. The Morgan fingerprint density at radius 3 is 2.68 bits per heavy atom. The quantitative estimate of drug-likeness (QED) is 0.612. The second kappa shape index (κ2) is 8.49. The molecule has 2 N–H and O–H groups in total. The predicted molar refractivity (Wildman–Crippen MR) is 97.4 cm³/mol. The van der Waals surface area contributed by atoms with Crippen molar-refractivity contribution in [1.82, 2.24) is 15.3 Å². The third-order valence-corrected chi connectivity index (χ3v) is 4.78. The van der Waals surface area contributed by atoms with Gasteiger partial charge in [0.15, 0.2) is 0 Å². The van der Waals surface area contributed by atoms with Crippen LogP contribution in [0.15, 0.2) is 34.1 Å². The van der Waals surface area contributed by atoms with Crippen molar-refractivity contribution in [3.63, 3.8) is 0 Å². The number of nitriles is 1. The number of amides is 1. The summed E-state index contributed by atoms with van der Waals surface area (Å²) in [5.74, 6) is -0.0946. The molecular formula is C18H20N4O2S. The Balaban J connectivity index is 1.99. The lowest BCUT2D eigenvalue weighted by Crippen LogP contribution is -2.28. The summed E-state index contributed by atoms with van der Waals surface area (Å²) in [7, 11) is 0. The van der Waals surface area contributed by atoms with Crippen LogP contribution in [0.5, 0.6) is 0 Å². The molecule has 1 heterocycles. The fraction of sp³-hybridized carbons (Fsp3) is 0.333. The number of aryl methyl sites for hydroxylation is 2. The molecule has 0 saturated heterocycles. The highest BCUT2D eigenvalue weighted by atomic mass is 32.2. The molecule has 1 amide bonds. The Kier molecular flexibility index (Phi) is 6.37. The van der Waals surface area contributed by atoms with E-state index in [1.165, 1.54) is 5.56 Å². The van der Waals surface area contributed by atoms with Crippen molar-refractivity contribution in [2.24, 2.45) is 0 Å². The summed E-state index contributed by atoms with van der Waals surface area (Å²) in [5, 5.41) is 12.4. The molecule has 0 spiro atoms. The van der Waals surface area contributed by atoms with Crippen molar-refractivity contribution in [3.05, 3.63) is 57.1 Å². The van der Waals surface area contributed by atoms with Gasteiger partial charge in [0.05, 0.1) is 11.8 Å². The first-order valence-corrected chi connectivity index (χ1v) is 8.95. The van der Waals surface area contributed by atoms with Crippen molar-refractivity contribution < 1.29 is 4.79 Å². The number of carbonyl (C=O) groups is 1. The summed E-state index contributed by atoms with van der Waals surface area (Å²) in [6, 6.07) is 10.00. The van der Waals surface area contributed by atoms with Gasteiger partial charge >= 0.3 is 5.69 Å². The van der Waals surface area contributed by atoms with Crippen molar-refractivity contribution in [1.29, 1.82) is 5.26 Å². The van der Waals surface area contributed by atoms with Crippen LogP contribution in [-0.2, 0) is 11.2 Å². The van der Waals surface area contributed by atoms with E-state index in [1.807, 2.05) is 25.1 Å². The highest BCUT2D eigenvalue weighted by molar-refractivity contribution is 8.00. The number of carbonyl (C=O) groups excluding carboxylic acids is 1. The molecule has 1 aromatic carbocycles. The molecule has 2 rings (SSSR count). The Morgan fingerprint density at radius 1 is 1.40 bits per heavy atom. The molecule has 0 aliphatic carbocycles. The van der Waals surface area contributed by atoms with Gasteiger partial charge in [-0.1, -0.05) is 43.0 Å². The second-order valence-electron chi connectivity index (χ2n) is 5.63. The van der Waals surface area contributed by atoms with E-state index >= 15 is 0 Å². The van der Waals surface area contributed by atoms with E-state index in [2.05, 4.69) is 34.3 Å². The molecule has 0 saturated carbocycles. The molecule has 0 aliphatic rings. The van der Waals surface area contributed by atoms with Crippen LogP contribution in [0.25, 0.3) is 0 Å². The van der Waals surface area contributed by atoms with Crippen LogP contribution in [0.3, 0.4) is 0 Å². The Bertz CT molecular complexity index is 853. The summed E-state index contributed by atoms with van der Waals surface area (Å²) in [6.45, 7) is 5.64. The molecular weight excluding hydrogens is 336 g/mol. The lowest BCUT2D eigenvalue weighted by atomic mass is 10.1. The van der Waals surface area contributed by atoms with Crippen molar-refractivity contribution >= 4 is 17.7 Å². The molecule has 7 heteroatoms. The number of thioether (sulfide) groups is 1. The second-order valence-corrected chi connectivity index (χ2v) is 6.60. The maximum absolute atomic E-state index is 12.2. The third kappa shape index (κ3) is 4.94. The Morgan fingerprint density at radius 2 is 2.08 bits per heavy atom. The largest absolute Gasteiger partial charge is 0.349 e. The number of hydrogen-bond donors (Lipinski definition) is 2. The molecule has 25 heavy (non-hydrogen) atoms. The monoisotopic (exact) mass is 356 g/mol. The average Bonchev–Trinajstić information content (AvgIpc) is 2.59. The van der Waals surface area contributed by atoms with E-state index in [9.17, 15) is 9.59 Å². The van der Waals surface area contributed by atoms with Crippen LogP contribution in [0.4, 0.5) is 0 Å². The van der Waals surface area contributed by atoms with Gasteiger partial charge in [-0.05, 0) is 31.4 Å². The Hall–Kier alpha value is -2.59. The minimum Gasteiger partial charge on any atom is -0.349 e. The number of rotatable bonds is 6. The van der Waals surface area contributed by atoms with Crippen LogP contribution in [0.1, 0.15) is 42.3 Å². The summed E-state index contributed by atoms with van der Waals surface area (Å²) in [4.78, 5) is 29.9. The van der Waals surface area contributed by atoms with E-state index in [0.717, 1.165) is 23.7 Å². The fourth-order valence-electron chi connectivity index (χ4n) is 2.34. The van der Waals surface area contributed by atoms with Gasteiger partial charge in [-0.15, -0.1) is 0 Å². The minimum atomic E-state index is -0.524. The first-order chi connectivity index (χ1) is 11.9. The van der Waals surface area contributed by atoms with Gasteiger partial charge in [0.2, 0.25) is 5.91 Å². The summed E-state index contributed by atoms with van der Waals surface area (Å²) >= 11 is 1.09. The minimum absolute atomic E-state index is 0.0853. The topological polar surface area (TPSA) is 98.6 Å². The third-order valence-electron chi connectivity index (χ3n) is 3.80. The molecule has 1 atom stereocenters. The van der Waals surface area contributed by atoms with Gasteiger partial charge in [-0.25, -0.2) is 4.79 Å². The predicted octanol–water partition coefficient (Wildman–Crippen LogP) is 2.48. The van der Waals surface area contributed by atoms with Gasteiger partial charge in [0, 0.05) is 5.69 Å². The van der Waals surface area contributed by atoms with Gasteiger partial charge < -0.3 is 10.3 Å². The number of H-pyrrole nitrogens is 1. The number of aromatic nitrogens is 2. The maximum Gasteiger partial charge on any atom is 0.346 e.